The molecule has 0 bridgehead atoms. The zero-order valence-corrected chi connectivity index (χ0v) is 12.8. The van der Waals surface area contributed by atoms with Crippen molar-refractivity contribution in [3.05, 3.63) is 25.0 Å². The number of unbranched alkanes of at least 4 members (excludes halogenated alkanes) is 13. The van der Waals surface area contributed by atoms with Crippen LogP contribution in [-0.4, -0.2) is 5.11 Å². The van der Waals surface area contributed by atoms with E-state index >= 15 is 0 Å². The van der Waals surface area contributed by atoms with Crippen molar-refractivity contribution in [2.75, 3.05) is 0 Å². The highest BCUT2D eigenvalue weighted by Gasteiger charge is 1.93. The molecule has 1 N–H and O–H groups in total. The minimum absolute atomic E-state index is 1.03. The Bertz CT molecular complexity index is 196. The van der Waals surface area contributed by atoms with Gasteiger partial charge in [0.2, 0.25) is 0 Å². The predicted molar refractivity (Wildman–Crippen MR) is 86.6 cm³/mol. The molecule has 0 unspecified atom stereocenters. The van der Waals surface area contributed by atoms with Crippen molar-refractivity contribution in [3.8, 4) is 0 Å². The van der Waals surface area contributed by atoms with Crippen LogP contribution in [0.4, 0.5) is 0 Å². The summed E-state index contributed by atoms with van der Waals surface area (Å²) in [5, 5.41) is 8.49. The fraction of sp³-hybridized carbons (Fsp3) is 0.778. The van der Waals surface area contributed by atoms with E-state index in [-0.39, 0.29) is 0 Å². The van der Waals surface area contributed by atoms with Crippen molar-refractivity contribution in [1.29, 1.82) is 0 Å². The fourth-order valence-electron chi connectivity index (χ4n) is 2.39. The quantitative estimate of drug-likeness (QED) is 0.198. The Morgan fingerprint density at radius 2 is 0.947 bits per heavy atom. The predicted octanol–water partition coefficient (Wildman–Crippen LogP) is 6.71. The van der Waals surface area contributed by atoms with Gasteiger partial charge < -0.3 is 5.11 Å². The van der Waals surface area contributed by atoms with Crippen molar-refractivity contribution in [2.24, 2.45) is 0 Å². The molecular weight excluding hydrogens is 232 g/mol. The Morgan fingerprint density at radius 1 is 0.579 bits per heavy atom. The zero-order chi connectivity index (χ0) is 14.0. The number of allylic oxidation sites excluding steroid dienone is 2. The van der Waals surface area contributed by atoms with Crippen molar-refractivity contribution < 1.29 is 5.11 Å². The first-order chi connectivity index (χ1) is 9.41. The molecule has 1 nitrogen and oxygen atoms in total. The van der Waals surface area contributed by atoms with Crippen LogP contribution in [-0.2, 0) is 0 Å². The number of hydrogen-bond donors (Lipinski definition) is 1. The first-order valence-electron chi connectivity index (χ1n) is 8.32. The molecule has 0 spiro atoms. The second-order valence-corrected chi connectivity index (χ2v) is 5.49. The Hall–Kier alpha value is -0.720. The molecule has 0 radical (unpaired) electrons. The van der Waals surface area contributed by atoms with Crippen molar-refractivity contribution in [3.63, 3.8) is 0 Å². The largest absolute Gasteiger partial charge is 0.516 e. The molecule has 0 aromatic carbocycles. The van der Waals surface area contributed by atoms with Crippen LogP contribution in [0.25, 0.3) is 0 Å². The molecule has 0 amide bonds. The van der Waals surface area contributed by atoms with E-state index in [0.717, 1.165) is 12.7 Å². The summed E-state index contributed by atoms with van der Waals surface area (Å²) in [5.41, 5.74) is 0. The maximum absolute atomic E-state index is 8.49. The van der Waals surface area contributed by atoms with Gasteiger partial charge in [-0.2, -0.15) is 0 Å². The van der Waals surface area contributed by atoms with Gasteiger partial charge in [0, 0.05) is 0 Å². The van der Waals surface area contributed by atoms with Crippen molar-refractivity contribution in [2.45, 2.75) is 89.9 Å². The molecule has 0 saturated heterocycles. The maximum atomic E-state index is 8.49. The molecule has 0 rings (SSSR count). The highest BCUT2D eigenvalue weighted by Crippen LogP contribution is 2.13. The van der Waals surface area contributed by atoms with E-state index in [9.17, 15) is 0 Å². The smallest absolute Gasteiger partial charge is 0.0751 e. The van der Waals surface area contributed by atoms with Gasteiger partial charge in [0.15, 0.2) is 0 Å². The van der Waals surface area contributed by atoms with Gasteiger partial charge in [-0.3, -0.25) is 0 Å². The van der Waals surface area contributed by atoms with E-state index in [2.05, 4.69) is 6.58 Å². The molecule has 0 aliphatic rings. The average Bonchev–Trinajstić information content (AvgIpc) is 2.43. The zero-order valence-electron chi connectivity index (χ0n) is 12.8. The molecule has 0 aromatic heterocycles. The SMILES string of the molecule is C=CCCCCCCCCCCCCCCC=CO. The summed E-state index contributed by atoms with van der Waals surface area (Å²) in [6, 6.07) is 0. The van der Waals surface area contributed by atoms with Gasteiger partial charge in [-0.05, 0) is 25.7 Å². The van der Waals surface area contributed by atoms with Gasteiger partial charge in [0.25, 0.3) is 0 Å². The van der Waals surface area contributed by atoms with E-state index in [1.807, 2.05) is 12.2 Å². The molecule has 19 heavy (non-hydrogen) atoms. The summed E-state index contributed by atoms with van der Waals surface area (Å²) in [5.74, 6) is 0. The molecule has 0 aliphatic carbocycles. The summed E-state index contributed by atoms with van der Waals surface area (Å²) >= 11 is 0. The third-order valence-corrected chi connectivity index (χ3v) is 3.63. The van der Waals surface area contributed by atoms with Crippen LogP contribution in [0.1, 0.15) is 89.9 Å². The first kappa shape index (κ1) is 18.3. The molecule has 0 fully saturated rings. The summed E-state index contributed by atoms with van der Waals surface area (Å²) in [6.45, 7) is 3.75. The summed E-state index contributed by atoms with van der Waals surface area (Å²) in [7, 11) is 0. The van der Waals surface area contributed by atoms with E-state index < -0.39 is 0 Å². The van der Waals surface area contributed by atoms with E-state index in [1.54, 1.807) is 0 Å². The lowest BCUT2D eigenvalue weighted by atomic mass is 10.0. The van der Waals surface area contributed by atoms with Crippen LogP contribution in [0.15, 0.2) is 25.0 Å². The Morgan fingerprint density at radius 3 is 1.32 bits per heavy atom. The molecule has 0 heterocycles. The first-order valence-corrected chi connectivity index (χ1v) is 8.32. The molecule has 0 aliphatic heterocycles. The summed E-state index contributed by atoms with van der Waals surface area (Å²) < 4.78 is 0. The Labute approximate surface area is 120 Å². The van der Waals surface area contributed by atoms with Crippen molar-refractivity contribution in [1.82, 2.24) is 0 Å². The lowest BCUT2D eigenvalue weighted by Crippen LogP contribution is -1.82. The third-order valence-electron chi connectivity index (χ3n) is 3.63. The number of aliphatic hydroxyl groups excluding tert-OH is 1. The van der Waals surface area contributed by atoms with Gasteiger partial charge >= 0.3 is 0 Å². The molecule has 0 aromatic rings. The highest BCUT2D eigenvalue weighted by molar-refractivity contribution is 4.70. The highest BCUT2D eigenvalue weighted by atomic mass is 16.2. The van der Waals surface area contributed by atoms with Crippen LogP contribution >= 0.6 is 0 Å². The fourth-order valence-corrected chi connectivity index (χ4v) is 2.39. The van der Waals surface area contributed by atoms with Gasteiger partial charge in [0.05, 0.1) is 6.26 Å². The molecule has 0 saturated carbocycles. The van der Waals surface area contributed by atoms with Crippen LogP contribution in [0, 0.1) is 0 Å². The van der Waals surface area contributed by atoms with Crippen LogP contribution in [0.5, 0.6) is 0 Å². The van der Waals surface area contributed by atoms with Gasteiger partial charge in [0.1, 0.15) is 0 Å². The number of aliphatic hydroxyl groups is 1. The minimum Gasteiger partial charge on any atom is -0.516 e. The van der Waals surface area contributed by atoms with Gasteiger partial charge in [-0.25, -0.2) is 0 Å². The van der Waals surface area contributed by atoms with Crippen LogP contribution in [0.2, 0.25) is 0 Å². The van der Waals surface area contributed by atoms with Gasteiger partial charge in [-0.15, -0.1) is 6.58 Å². The Balaban J connectivity index is 2.93. The van der Waals surface area contributed by atoms with E-state index in [4.69, 9.17) is 5.11 Å². The van der Waals surface area contributed by atoms with Gasteiger partial charge in [-0.1, -0.05) is 76.4 Å². The monoisotopic (exact) mass is 266 g/mol. The average molecular weight is 266 g/mol. The number of rotatable bonds is 15. The second kappa shape index (κ2) is 17.3. The molecule has 1 heteroatoms. The van der Waals surface area contributed by atoms with Crippen LogP contribution < -0.4 is 0 Å². The Kier molecular flexibility index (Phi) is 16.6. The lowest BCUT2D eigenvalue weighted by molar-refractivity contribution is 0.469. The normalized spacial score (nSPS) is 11.2. The second-order valence-electron chi connectivity index (χ2n) is 5.49. The topological polar surface area (TPSA) is 20.2 Å². The third kappa shape index (κ3) is 17.3. The lowest BCUT2D eigenvalue weighted by Gasteiger charge is -2.02. The standard InChI is InChI=1S/C18H34O/c1-2-3-4-5-6-7-8-9-10-11-12-13-14-15-16-17-18-19/h2,17-19H,1,3-16H2. The molecule has 112 valence electrons. The summed E-state index contributed by atoms with van der Waals surface area (Å²) in [4.78, 5) is 0. The van der Waals surface area contributed by atoms with Crippen LogP contribution in [0.3, 0.4) is 0 Å². The molecular formula is C18H34O. The van der Waals surface area contributed by atoms with E-state index in [1.165, 1.54) is 83.5 Å². The van der Waals surface area contributed by atoms with E-state index in [0.29, 0.717) is 0 Å². The number of hydrogen-bond acceptors (Lipinski definition) is 1. The maximum Gasteiger partial charge on any atom is 0.0751 e. The summed E-state index contributed by atoms with van der Waals surface area (Å²) in [6.07, 6.45) is 23.8. The minimum atomic E-state index is 1.03. The van der Waals surface area contributed by atoms with Crippen molar-refractivity contribution >= 4 is 0 Å². The molecule has 0 atom stereocenters.